The molecule has 2 amide bonds. The van der Waals surface area contributed by atoms with Gasteiger partial charge in [-0.2, -0.15) is 0 Å². The summed E-state index contributed by atoms with van der Waals surface area (Å²) in [5, 5.41) is 11.8. The number of urea groups is 1. The molecular weight excluding hydrogens is 256 g/mol. The average molecular weight is 278 g/mol. The van der Waals surface area contributed by atoms with Crippen LogP contribution in [0.4, 0.5) is 10.5 Å². The van der Waals surface area contributed by atoms with Crippen molar-refractivity contribution in [1.29, 1.82) is 0 Å². The molecule has 0 fully saturated rings. The van der Waals surface area contributed by atoms with Crippen molar-refractivity contribution in [2.24, 2.45) is 5.92 Å². The Morgan fingerprint density at radius 1 is 1.40 bits per heavy atom. The van der Waals surface area contributed by atoms with Gasteiger partial charge in [-0.05, 0) is 30.5 Å². The highest BCUT2D eigenvalue weighted by Crippen LogP contribution is 2.15. The first-order valence-electron chi connectivity index (χ1n) is 6.70. The quantitative estimate of drug-likeness (QED) is 0.870. The molecule has 1 aromatic carbocycles. The number of nitrogens with one attached hydrogen (secondary N) is 1. The lowest BCUT2D eigenvalue weighted by Gasteiger charge is -2.24. The average Bonchev–Trinajstić information content (AvgIpc) is 2.42. The molecule has 0 spiro atoms. The van der Waals surface area contributed by atoms with Gasteiger partial charge in [-0.3, -0.25) is 4.90 Å². The molecule has 20 heavy (non-hydrogen) atoms. The van der Waals surface area contributed by atoms with Crippen LogP contribution in [-0.4, -0.2) is 30.2 Å². The third kappa shape index (κ3) is 3.98. The van der Waals surface area contributed by atoms with E-state index in [1.54, 1.807) is 7.05 Å². The number of carboxylic acid groups (broad SMARTS) is 1. The maximum atomic E-state index is 12.1. The molecule has 0 aliphatic carbocycles. The minimum atomic E-state index is -1.01. The number of carboxylic acids is 1. The van der Waals surface area contributed by atoms with Crippen LogP contribution in [0.3, 0.4) is 0 Å². The zero-order valence-electron chi connectivity index (χ0n) is 12.4. The Labute approximate surface area is 119 Å². The van der Waals surface area contributed by atoms with Crippen LogP contribution in [0.2, 0.25) is 0 Å². The summed E-state index contributed by atoms with van der Waals surface area (Å²) >= 11 is 0. The molecule has 1 aromatic rings. The fraction of sp³-hybridized carbons (Fsp3) is 0.467. The molecule has 0 aromatic heterocycles. The van der Waals surface area contributed by atoms with Crippen molar-refractivity contribution < 1.29 is 14.7 Å². The van der Waals surface area contributed by atoms with Crippen LogP contribution in [0.5, 0.6) is 0 Å². The second-order valence-corrected chi connectivity index (χ2v) is 5.05. The van der Waals surface area contributed by atoms with Crippen LogP contribution in [0.15, 0.2) is 24.3 Å². The Morgan fingerprint density at radius 3 is 2.55 bits per heavy atom. The first-order valence-corrected chi connectivity index (χ1v) is 6.70. The number of rotatable bonds is 5. The first-order chi connectivity index (χ1) is 9.36. The summed E-state index contributed by atoms with van der Waals surface area (Å²) in [4.78, 5) is 24.8. The van der Waals surface area contributed by atoms with Crippen LogP contribution in [0, 0.1) is 12.8 Å². The van der Waals surface area contributed by atoms with Crippen molar-refractivity contribution in [2.45, 2.75) is 33.2 Å². The standard InChI is InChI=1S/C15H22N2O3/c1-5-11(3)13(14(18)19)16-15(20)17(4)12-8-6-7-10(2)9-12/h6-9,11,13H,5H2,1-4H3,(H,16,20)(H,18,19)/t11?,13-/m0/s1. The number of nitrogens with zero attached hydrogens (tertiary/aromatic N) is 1. The van der Waals surface area contributed by atoms with Gasteiger partial charge in [0.15, 0.2) is 0 Å². The smallest absolute Gasteiger partial charge is 0.326 e. The number of carbonyl (C=O) groups excluding carboxylic acids is 1. The van der Waals surface area contributed by atoms with Gasteiger partial charge in [-0.1, -0.05) is 32.4 Å². The lowest BCUT2D eigenvalue weighted by molar-refractivity contribution is -0.140. The number of carbonyl (C=O) groups is 2. The van der Waals surface area contributed by atoms with Crippen LogP contribution >= 0.6 is 0 Å². The number of aryl methyl sites for hydroxylation is 1. The lowest BCUT2D eigenvalue weighted by atomic mass is 9.99. The molecule has 2 N–H and O–H groups in total. The summed E-state index contributed by atoms with van der Waals surface area (Å²) in [7, 11) is 1.62. The largest absolute Gasteiger partial charge is 0.480 e. The second kappa shape index (κ2) is 6.93. The first kappa shape index (κ1) is 16.0. The van der Waals surface area contributed by atoms with Gasteiger partial charge < -0.3 is 10.4 Å². The number of anilines is 1. The summed E-state index contributed by atoms with van der Waals surface area (Å²) < 4.78 is 0. The van der Waals surface area contributed by atoms with E-state index >= 15 is 0 Å². The molecule has 5 nitrogen and oxygen atoms in total. The topological polar surface area (TPSA) is 69.6 Å². The van der Waals surface area contributed by atoms with Gasteiger partial charge in [0, 0.05) is 12.7 Å². The molecular formula is C15H22N2O3. The van der Waals surface area contributed by atoms with E-state index in [1.807, 2.05) is 45.0 Å². The molecule has 0 saturated heterocycles. The van der Waals surface area contributed by atoms with Crippen molar-refractivity contribution >= 4 is 17.7 Å². The van der Waals surface area contributed by atoms with E-state index in [1.165, 1.54) is 4.90 Å². The van der Waals surface area contributed by atoms with Gasteiger partial charge in [-0.15, -0.1) is 0 Å². The summed E-state index contributed by atoms with van der Waals surface area (Å²) in [6, 6.07) is 6.19. The van der Waals surface area contributed by atoms with E-state index in [2.05, 4.69) is 5.32 Å². The zero-order valence-corrected chi connectivity index (χ0v) is 12.4. The Morgan fingerprint density at radius 2 is 2.05 bits per heavy atom. The van der Waals surface area contributed by atoms with Crippen molar-refractivity contribution in [3.8, 4) is 0 Å². The molecule has 0 radical (unpaired) electrons. The zero-order chi connectivity index (χ0) is 15.3. The van der Waals surface area contributed by atoms with Crippen molar-refractivity contribution in [3.63, 3.8) is 0 Å². The molecule has 5 heteroatoms. The van der Waals surface area contributed by atoms with Gasteiger partial charge in [0.25, 0.3) is 0 Å². The number of hydrogen-bond acceptors (Lipinski definition) is 2. The number of amides is 2. The molecule has 0 saturated carbocycles. The van der Waals surface area contributed by atoms with Gasteiger partial charge in [0.05, 0.1) is 0 Å². The van der Waals surface area contributed by atoms with E-state index < -0.39 is 18.0 Å². The van der Waals surface area contributed by atoms with Crippen LogP contribution in [0.1, 0.15) is 25.8 Å². The van der Waals surface area contributed by atoms with Gasteiger partial charge >= 0.3 is 12.0 Å². The molecule has 0 aliphatic heterocycles. The molecule has 1 unspecified atom stereocenters. The Kier molecular flexibility index (Phi) is 5.55. The fourth-order valence-electron chi connectivity index (χ4n) is 1.87. The molecule has 2 atom stereocenters. The lowest BCUT2D eigenvalue weighted by Crippen LogP contribution is -2.49. The summed E-state index contributed by atoms with van der Waals surface area (Å²) in [5.41, 5.74) is 1.77. The predicted octanol–water partition coefficient (Wildman–Crippen LogP) is 2.64. The molecule has 0 heterocycles. The molecule has 1 rings (SSSR count). The van der Waals surface area contributed by atoms with E-state index in [-0.39, 0.29) is 5.92 Å². The molecule has 110 valence electrons. The second-order valence-electron chi connectivity index (χ2n) is 5.05. The van der Waals surface area contributed by atoms with Crippen molar-refractivity contribution in [2.75, 3.05) is 11.9 Å². The van der Waals surface area contributed by atoms with Gasteiger partial charge in [0.1, 0.15) is 6.04 Å². The van der Waals surface area contributed by atoms with E-state index in [0.717, 1.165) is 11.3 Å². The van der Waals surface area contributed by atoms with E-state index in [4.69, 9.17) is 0 Å². The predicted molar refractivity (Wildman–Crippen MR) is 79.0 cm³/mol. The van der Waals surface area contributed by atoms with E-state index in [9.17, 15) is 14.7 Å². The third-order valence-electron chi connectivity index (χ3n) is 3.45. The normalized spacial score (nSPS) is 13.4. The number of aliphatic carboxylic acids is 1. The van der Waals surface area contributed by atoms with Crippen LogP contribution in [-0.2, 0) is 4.79 Å². The molecule has 0 aliphatic rings. The highest BCUT2D eigenvalue weighted by molar-refractivity contribution is 5.94. The monoisotopic (exact) mass is 278 g/mol. The highest BCUT2D eigenvalue weighted by atomic mass is 16.4. The van der Waals surface area contributed by atoms with Gasteiger partial charge in [0.2, 0.25) is 0 Å². The summed E-state index contributed by atoms with van der Waals surface area (Å²) in [6.07, 6.45) is 0.686. The maximum absolute atomic E-state index is 12.1. The van der Waals surface area contributed by atoms with Crippen molar-refractivity contribution in [3.05, 3.63) is 29.8 Å². The minimum Gasteiger partial charge on any atom is -0.480 e. The van der Waals surface area contributed by atoms with E-state index in [0.29, 0.717) is 6.42 Å². The van der Waals surface area contributed by atoms with Crippen molar-refractivity contribution in [1.82, 2.24) is 5.32 Å². The Balaban J connectivity index is 2.81. The van der Waals surface area contributed by atoms with Crippen LogP contribution < -0.4 is 10.2 Å². The Hall–Kier alpha value is -2.04. The maximum Gasteiger partial charge on any atom is 0.326 e. The van der Waals surface area contributed by atoms with Crippen LogP contribution in [0.25, 0.3) is 0 Å². The highest BCUT2D eigenvalue weighted by Gasteiger charge is 2.26. The summed E-state index contributed by atoms with van der Waals surface area (Å²) in [5.74, 6) is -1.13. The summed E-state index contributed by atoms with van der Waals surface area (Å²) in [6.45, 7) is 5.65. The minimum absolute atomic E-state index is 0.123. The number of hydrogen-bond donors (Lipinski definition) is 2. The Bertz CT molecular complexity index is 488. The fourth-order valence-corrected chi connectivity index (χ4v) is 1.87. The molecule has 0 bridgehead atoms. The number of benzene rings is 1. The van der Waals surface area contributed by atoms with Gasteiger partial charge in [-0.25, -0.2) is 9.59 Å². The third-order valence-corrected chi connectivity index (χ3v) is 3.45. The SMILES string of the molecule is CCC(C)[C@H](NC(=O)N(C)c1cccc(C)c1)C(=O)O.